The molecule has 2 aromatic carbocycles. The van der Waals surface area contributed by atoms with Gasteiger partial charge in [-0.05, 0) is 74.1 Å². The molecule has 0 atom stereocenters. The van der Waals surface area contributed by atoms with E-state index < -0.39 is 11.7 Å². The highest BCUT2D eigenvalue weighted by Gasteiger charge is 2.33. The molecule has 0 spiro atoms. The highest BCUT2D eigenvalue weighted by molar-refractivity contribution is 6.30. The molecule has 1 amide bonds. The van der Waals surface area contributed by atoms with E-state index in [1.54, 1.807) is 36.4 Å². The van der Waals surface area contributed by atoms with Crippen molar-refractivity contribution in [2.75, 3.05) is 5.32 Å². The van der Waals surface area contributed by atoms with Crippen LogP contribution in [-0.2, 0) is 11.0 Å². The molecule has 1 aromatic heterocycles. The van der Waals surface area contributed by atoms with Crippen LogP contribution >= 0.6 is 11.6 Å². The predicted octanol–water partition coefficient (Wildman–Crippen LogP) is 6.87. The number of para-hydroxylation sites is 1. The van der Waals surface area contributed by atoms with Crippen LogP contribution in [0.2, 0.25) is 5.02 Å². The van der Waals surface area contributed by atoms with Crippen LogP contribution in [0.3, 0.4) is 0 Å². The fourth-order valence-corrected chi connectivity index (χ4v) is 4.25. The van der Waals surface area contributed by atoms with Crippen molar-refractivity contribution in [3.05, 3.63) is 65.3 Å². The van der Waals surface area contributed by atoms with Gasteiger partial charge in [0.25, 0.3) is 0 Å². The molecular formula is C24H22ClF3N2O2. The third-order valence-corrected chi connectivity index (χ3v) is 5.98. The van der Waals surface area contributed by atoms with Gasteiger partial charge in [0.1, 0.15) is 5.75 Å². The number of anilines is 1. The molecule has 1 heterocycles. The number of pyridine rings is 1. The molecule has 1 saturated carbocycles. The summed E-state index contributed by atoms with van der Waals surface area (Å²) in [5, 5.41) is 3.84. The zero-order valence-corrected chi connectivity index (χ0v) is 17.9. The molecule has 4 nitrogen and oxygen atoms in total. The van der Waals surface area contributed by atoms with Gasteiger partial charge in [0.05, 0.1) is 17.2 Å². The summed E-state index contributed by atoms with van der Waals surface area (Å²) in [7, 11) is 0. The molecule has 1 aliphatic carbocycles. The quantitative estimate of drug-likeness (QED) is 0.450. The van der Waals surface area contributed by atoms with Gasteiger partial charge in [-0.3, -0.25) is 9.78 Å². The molecule has 0 radical (unpaired) electrons. The van der Waals surface area contributed by atoms with Gasteiger partial charge in [-0.15, -0.1) is 0 Å². The number of halogens is 4. The number of ether oxygens (including phenoxy) is 1. The summed E-state index contributed by atoms with van der Waals surface area (Å²) >= 11 is 5.86. The van der Waals surface area contributed by atoms with Crippen molar-refractivity contribution in [1.82, 2.24) is 4.98 Å². The minimum absolute atomic E-state index is 0.0449. The van der Waals surface area contributed by atoms with Crippen LogP contribution in [0.1, 0.15) is 37.7 Å². The molecule has 0 saturated heterocycles. The zero-order chi connectivity index (χ0) is 22.7. The lowest BCUT2D eigenvalue weighted by atomic mass is 9.85. The Bertz CT molecular complexity index is 1090. The second kappa shape index (κ2) is 9.36. The first-order valence-electron chi connectivity index (χ1n) is 10.5. The Morgan fingerprint density at radius 1 is 1.06 bits per heavy atom. The van der Waals surface area contributed by atoms with Gasteiger partial charge in [0, 0.05) is 28.7 Å². The summed E-state index contributed by atoms with van der Waals surface area (Å²) in [5.41, 5.74) is -0.167. The number of fused-ring (bicyclic) bond motifs is 1. The highest BCUT2D eigenvalue weighted by atomic mass is 35.5. The maximum absolute atomic E-state index is 13.3. The molecule has 1 fully saturated rings. The smallest absolute Gasteiger partial charge is 0.418 e. The molecular weight excluding hydrogens is 441 g/mol. The molecule has 168 valence electrons. The molecule has 0 aliphatic heterocycles. The first kappa shape index (κ1) is 22.4. The number of benzene rings is 2. The fraction of sp³-hybridized carbons (Fsp3) is 0.333. The second-order valence-corrected chi connectivity index (χ2v) is 8.46. The van der Waals surface area contributed by atoms with E-state index in [2.05, 4.69) is 10.3 Å². The van der Waals surface area contributed by atoms with Crippen molar-refractivity contribution in [3.8, 4) is 5.75 Å². The third-order valence-electron chi connectivity index (χ3n) is 5.73. The molecule has 0 unspecified atom stereocenters. The SMILES string of the molecule is O=C(C[C@H]1CC[C@H](Oc2ccnc3c(C(F)(F)F)cccc23)CC1)Nc1ccc(Cl)cc1. The molecule has 1 aliphatic rings. The van der Waals surface area contributed by atoms with E-state index in [1.807, 2.05) is 0 Å². The first-order valence-corrected chi connectivity index (χ1v) is 10.8. The van der Waals surface area contributed by atoms with Crippen LogP contribution in [0.4, 0.5) is 18.9 Å². The number of aromatic nitrogens is 1. The van der Waals surface area contributed by atoms with E-state index >= 15 is 0 Å². The standard InChI is InChI=1S/C24H22ClF3N2O2/c25-16-6-8-17(9-7-16)30-22(31)14-15-4-10-18(11-5-15)32-21-12-13-29-23-19(21)2-1-3-20(23)24(26,27)28/h1-3,6-9,12-13,15,18H,4-5,10-11,14H2,(H,30,31)/t15-,18-. The number of nitrogens with one attached hydrogen (secondary N) is 1. The van der Waals surface area contributed by atoms with E-state index in [0.717, 1.165) is 31.7 Å². The Labute approximate surface area is 188 Å². The summed E-state index contributed by atoms with van der Waals surface area (Å²) in [6.45, 7) is 0. The van der Waals surface area contributed by atoms with Crippen LogP contribution in [0.5, 0.6) is 5.75 Å². The number of hydrogen-bond acceptors (Lipinski definition) is 3. The minimum atomic E-state index is -4.48. The Morgan fingerprint density at radius 3 is 2.47 bits per heavy atom. The van der Waals surface area contributed by atoms with Crippen LogP contribution in [0.25, 0.3) is 10.9 Å². The topological polar surface area (TPSA) is 51.2 Å². The van der Waals surface area contributed by atoms with Crippen LogP contribution in [-0.4, -0.2) is 17.0 Å². The first-order chi connectivity index (χ1) is 15.3. The lowest BCUT2D eigenvalue weighted by Crippen LogP contribution is -2.26. The number of amides is 1. The highest BCUT2D eigenvalue weighted by Crippen LogP contribution is 2.37. The van der Waals surface area contributed by atoms with Gasteiger partial charge in [-0.2, -0.15) is 13.2 Å². The minimum Gasteiger partial charge on any atom is -0.490 e. The van der Waals surface area contributed by atoms with Crippen molar-refractivity contribution in [2.24, 2.45) is 5.92 Å². The number of carbonyl (C=O) groups is 1. The molecule has 4 rings (SSSR count). The number of alkyl halides is 3. The number of hydrogen-bond donors (Lipinski definition) is 1. The van der Waals surface area contributed by atoms with Crippen LogP contribution < -0.4 is 10.1 Å². The molecule has 3 aromatic rings. The maximum Gasteiger partial charge on any atom is 0.418 e. The Kier molecular flexibility index (Phi) is 6.55. The molecule has 8 heteroatoms. The van der Waals surface area contributed by atoms with Crippen molar-refractivity contribution >= 4 is 34.1 Å². The maximum atomic E-state index is 13.3. The Morgan fingerprint density at radius 2 is 1.78 bits per heavy atom. The van der Waals surface area contributed by atoms with Crippen LogP contribution in [0.15, 0.2) is 54.7 Å². The number of rotatable bonds is 5. The second-order valence-electron chi connectivity index (χ2n) is 8.03. The van der Waals surface area contributed by atoms with Crippen molar-refractivity contribution < 1.29 is 22.7 Å². The van der Waals surface area contributed by atoms with Gasteiger partial charge < -0.3 is 10.1 Å². The van der Waals surface area contributed by atoms with Gasteiger partial charge >= 0.3 is 6.18 Å². The third kappa shape index (κ3) is 5.33. The van der Waals surface area contributed by atoms with Gasteiger partial charge in [0.15, 0.2) is 0 Å². The zero-order valence-electron chi connectivity index (χ0n) is 17.2. The predicted molar refractivity (Wildman–Crippen MR) is 118 cm³/mol. The number of carbonyl (C=O) groups excluding carboxylic acids is 1. The average Bonchev–Trinajstić information content (AvgIpc) is 2.76. The van der Waals surface area contributed by atoms with E-state index in [1.165, 1.54) is 12.3 Å². The summed E-state index contributed by atoms with van der Waals surface area (Å²) in [6.07, 6.45) is 0.289. The van der Waals surface area contributed by atoms with E-state index in [-0.39, 0.29) is 23.4 Å². The average molecular weight is 463 g/mol. The van der Waals surface area contributed by atoms with Crippen molar-refractivity contribution in [1.29, 1.82) is 0 Å². The van der Waals surface area contributed by atoms with E-state index in [4.69, 9.17) is 16.3 Å². The summed E-state index contributed by atoms with van der Waals surface area (Å²) in [4.78, 5) is 16.3. The lowest BCUT2D eigenvalue weighted by Gasteiger charge is -2.29. The van der Waals surface area contributed by atoms with Gasteiger partial charge in [-0.25, -0.2) is 0 Å². The van der Waals surface area contributed by atoms with Crippen LogP contribution in [0, 0.1) is 5.92 Å². The van der Waals surface area contributed by atoms with Gasteiger partial charge in [-0.1, -0.05) is 17.7 Å². The van der Waals surface area contributed by atoms with Crippen molar-refractivity contribution in [2.45, 2.75) is 44.4 Å². The van der Waals surface area contributed by atoms with Gasteiger partial charge in [0.2, 0.25) is 5.91 Å². The van der Waals surface area contributed by atoms with E-state index in [9.17, 15) is 18.0 Å². The van der Waals surface area contributed by atoms with Crippen molar-refractivity contribution in [3.63, 3.8) is 0 Å². The fourth-order valence-electron chi connectivity index (χ4n) is 4.12. The summed E-state index contributed by atoms with van der Waals surface area (Å²) in [5.74, 6) is 0.606. The largest absolute Gasteiger partial charge is 0.490 e. The summed E-state index contributed by atoms with van der Waals surface area (Å²) < 4.78 is 45.9. The molecule has 32 heavy (non-hydrogen) atoms. The lowest BCUT2D eigenvalue weighted by molar-refractivity contribution is -0.136. The summed E-state index contributed by atoms with van der Waals surface area (Å²) in [6, 6.07) is 12.6. The molecule has 1 N–H and O–H groups in total. The normalized spacial score (nSPS) is 19.0. The molecule has 0 bridgehead atoms. The Balaban J connectivity index is 1.35. The number of nitrogens with zero attached hydrogens (tertiary/aromatic N) is 1. The monoisotopic (exact) mass is 462 g/mol. The Hall–Kier alpha value is -2.80. The van der Waals surface area contributed by atoms with E-state index in [0.29, 0.717) is 28.3 Å².